The molecule has 0 saturated heterocycles. The lowest BCUT2D eigenvalue weighted by molar-refractivity contribution is 0.0698. The lowest BCUT2D eigenvalue weighted by atomic mass is 9.75. The van der Waals surface area contributed by atoms with Crippen LogP contribution < -0.4 is 5.32 Å². The van der Waals surface area contributed by atoms with Gasteiger partial charge in [0, 0.05) is 18.6 Å². The van der Waals surface area contributed by atoms with Gasteiger partial charge in [-0.25, -0.2) is 0 Å². The largest absolute Gasteiger partial charge is 0.312 e. The molecule has 4 unspecified atom stereocenters. The first-order valence-electron chi connectivity index (χ1n) is 9.05. The molecule has 2 nitrogen and oxygen atoms in total. The van der Waals surface area contributed by atoms with Crippen molar-refractivity contribution in [3.05, 3.63) is 0 Å². The van der Waals surface area contributed by atoms with Gasteiger partial charge in [-0.2, -0.15) is 0 Å². The van der Waals surface area contributed by atoms with Crippen molar-refractivity contribution in [1.29, 1.82) is 0 Å². The van der Waals surface area contributed by atoms with E-state index in [4.69, 9.17) is 0 Å². The van der Waals surface area contributed by atoms with E-state index in [1.54, 1.807) is 0 Å². The van der Waals surface area contributed by atoms with Crippen LogP contribution in [0, 0.1) is 17.8 Å². The number of nitrogens with one attached hydrogen (secondary N) is 1. The van der Waals surface area contributed by atoms with E-state index in [1.165, 1.54) is 58.0 Å². The van der Waals surface area contributed by atoms with Crippen LogP contribution in [0.4, 0.5) is 0 Å². The molecule has 1 N–H and O–H groups in total. The molecule has 0 aromatic carbocycles. The molecule has 0 amide bonds. The third-order valence-corrected chi connectivity index (χ3v) is 5.61. The maximum atomic E-state index is 3.85. The lowest BCUT2D eigenvalue weighted by Gasteiger charge is -2.45. The molecule has 0 aromatic rings. The minimum Gasteiger partial charge on any atom is -0.312 e. The highest BCUT2D eigenvalue weighted by Crippen LogP contribution is 2.33. The topological polar surface area (TPSA) is 15.3 Å². The summed E-state index contributed by atoms with van der Waals surface area (Å²) in [6, 6.07) is 1.46. The number of likely N-dealkylation sites (N-methyl/N-ethyl adjacent to an activating group) is 1. The molecular formula is C18H36N2. The van der Waals surface area contributed by atoms with Crippen LogP contribution in [0.2, 0.25) is 0 Å². The second-order valence-corrected chi connectivity index (χ2v) is 7.70. The lowest BCUT2D eigenvalue weighted by Crippen LogP contribution is -2.56. The Balaban J connectivity index is 1.95. The molecule has 2 heteroatoms. The second kappa shape index (κ2) is 7.79. The molecule has 0 bridgehead atoms. The first-order valence-corrected chi connectivity index (χ1v) is 9.05. The van der Waals surface area contributed by atoms with Gasteiger partial charge in [0.15, 0.2) is 0 Å². The van der Waals surface area contributed by atoms with Gasteiger partial charge in [0.05, 0.1) is 0 Å². The van der Waals surface area contributed by atoms with Gasteiger partial charge in [-0.1, -0.05) is 33.6 Å². The van der Waals surface area contributed by atoms with Crippen LogP contribution in [0.15, 0.2) is 0 Å². The first kappa shape index (κ1) is 16.3. The minimum atomic E-state index is 0.708. The molecule has 0 radical (unpaired) electrons. The van der Waals surface area contributed by atoms with Gasteiger partial charge in [0.25, 0.3) is 0 Å². The van der Waals surface area contributed by atoms with Crippen LogP contribution in [0.5, 0.6) is 0 Å². The van der Waals surface area contributed by atoms with Crippen LogP contribution in [0.25, 0.3) is 0 Å². The van der Waals surface area contributed by atoms with E-state index >= 15 is 0 Å². The van der Waals surface area contributed by atoms with E-state index < -0.39 is 0 Å². The highest BCUT2D eigenvalue weighted by molar-refractivity contribution is 4.93. The Morgan fingerprint density at radius 2 is 1.80 bits per heavy atom. The summed E-state index contributed by atoms with van der Waals surface area (Å²) in [6.07, 6.45) is 9.89. The zero-order chi connectivity index (χ0) is 14.5. The van der Waals surface area contributed by atoms with Gasteiger partial charge in [-0.15, -0.1) is 0 Å². The normalized spacial score (nSPS) is 35.9. The minimum absolute atomic E-state index is 0.708. The van der Waals surface area contributed by atoms with Gasteiger partial charge in [0.2, 0.25) is 0 Å². The Labute approximate surface area is 126 Å². The van der Waals surface area contributed by atoms with Crippen molar-refractivity contribution in [1.82, 2.24) is 10.2 Å². The Hall–Kier alpha value is -0.0800. The number of rotatable bonds is 6. The van der Waals surface area contributed by atoms with E-state index in [2.05, 4.69) is 38.0 Å². The maximum Gasteiger partial charge on any atom is 0.0272 e. The summed E-state index contributed by atoms with van der Waals surface area (Å²) >= 11 is 0. The van der Waals surface area contributed by atoms with Crippen LogP contribution in [-0.2, 0) is 0 Å². The van der Waals surface area contributed by atoms with E-state index in [0.717, 1.165) is 23.8 Å². The van der Waals surface area contributed by atoms with Crippen LogP contribution >= 0.6 is 0 Å². The van der Waals surface area contributed by atoms with E-state index in [1.807, 2.05) is 0 Å². The average Bonchev–Trinajstić information content (AvgIpc) is 2.88. The third-order valence-electron chi connectivity index (χ3n) is 5.61. The molecule has 20 heavy (non-hydrogen) atoms. The van der Waals surface area contributed by atoms with Crippen molar-refractivity contribution in [3.8, 4) is 0 Å². The molecule has 2 saturated carbocycles. The quantitative estimate of drug-likeness (QED) is 0.793. The summed E-state index contributed by atoms with van der Waals surface area (Å²) in [5, 5.41) is 3.85. The Kier molecular flexibility index (Phi) is 6.35. The monoisotopic (exact) mass is 280 g/mol. The van der Waals surface area contributed by atoms with Crippen LogP contribution in [0.3, 0.4) is 0 Å². The number of hydrogen-bond acceptors (Lipinski definition) is 2. The Morgan fingerprint density at radius 1 is 1.10 bits per heavy atom. The molecule has 2 aliphatic rings. The molecule has 0 aromatic heterocycles. The molecule has 2 rings (SSSR count). The predicted octanol–water partition coefficient (Wildman–Crippen LogP) is 3.91. The Bertz CT molecular complexity index is 273. The van der Waals surface area contributed by atoms with Crippen molar-refractivity contribution in [2.45, 2.75) is 77.8 Å². The van der Waals surface area contributed by atoms with Crippen molar-refractivity contribution in [3.63, 3.8) is 0 Å². The van der Waals surface area contributed by atoms with Crippen molar-refractivity contribution in [2.24, 2.45) is 17.8 Å². The molecule has 2 fully saturated rings. The van der Waals surface area contributed by atoms with Gasteiger partial charge in [-0.05, 0) is 63.5 Å². The van der Waals surface area contributed by atoms with Gasteiger partial charge in [0.1, 0.15) is 0 Å². The molecule has 4 atom stereocenters. The van der Waals surface area contributed by atoms with Gasteiger partial charge >= 0.3 is 0 Å². The number of hydrogen-bond donors (Lipinski definition) is 1. The van der Waals surface area contributed by atoms with E-state index in [0.29, 0.717) is 6.04 Å². The highest BCUT2D eigenvalue weighted by atomic mass is 15.2. The molecular weight excluding hydrogens is 244 g/mol. The third kappa shape index (κ3) is 4.21. The van der Waals surface area contributed by atoms with E-state index in [9.17, 15) is 0 Å². The summed E-state index contributed by atoms with van der Waals surface area (Å²) in [5.74, 6) is 2.69. The van der Waals surface area contributed by atoms with Gasteiger partial charge < -0.3 is 10.2 Å². The first-order chi connectivity index (χ1) is 9.61. The van der Waals surface area contributed by atoms with Gasteiger partial charge in [-0.3, -0.25) is 0 Å². The van der Waals surface area contributed by atoms with Crippen molar-refractivity contribution >= 4 is 0 Å². The highest BCUT2D eigenvalue weighted by Gasteiger charge is 2.36. The standard InChI is InChI=1S/C18H36N2/c1-5-10-19-17-12-14(2)11-15(3)18(17)20(4)13-16-8-6-7-9-16/h14-19H,5-13H2,1-4H3. The maximum absolute atomic E-state index is 3.85. The van der Waals surface area contributed by atoms with E-state index in [-0.39, 0.29) is 0 Å². The fourth-order valence-electron chi connectivity index (χ4n) is 4.84. The van der Waals surface area contributed by atoms with Crippen LogP contribution in [0.1, 0.15) is 65.7 Å². The predicted molar refractivity (Wildman–Crippen MR) is 88.0 cm³/mol. The van der Waals surface area contributed by atoms with Crippen LogP contribution in [-0.4, -0.2) is 37.1 Å². The molecule has 0 spiro atoms. The molecule has 2 aliphatic carbocycles. The zero-order valence-corrected chi connectivity index (χ0v) is 14.2. The molecule has 0 aliphatic heterocycles. The fraction of sp³-hybridized carbons (Fsp3) is 1.00. The summed E-state index contributed by atoms with van der Waals surface area (Å²) in [5.41, 5.74) is 0. The molecule has 118 valence electrons. The average molecular weight is 281 g/mol. The van der Waals surface area contributed by atoms with Crippen molar-refractivity contribution < 1.29 is 0 Å². The molecule has 0 heterocycles. The summed E-state index contributed by atoms with van der Waals surface area (Å²) < 4.78 is 0. The Morgan fingerprint density at radius 3 is 2.45 bits per heavy atom. The SMILES string of the molecule is CCCNC1CC(C)CC(C)C1N(C)CC1CCCC1. The fourth-order valence-corrected chi connectivity index (χ4v) is 4.84. The summed E-state index contributed by atoms with van der Waals surface area (Å²) in [7, 11) is 2.39. The number of nitrogens with zero attached hydrogens (tertiary/aromatic N) is 1. The smallest absolute Gasteiger partial charge is 0.0272 e. The summed E-state index contributed by atoms with van der Waals surface area (Å²) in [4.78, 5) is 2.71. The zero-order valence-electron chi connectivity index (χ0n) is 14.2. The second-order valence-electron chi connectivity index (χ2n) is 7.70. The summed E-state index contributed by atoms with van der Waals surface area (Å²) in [6.45, 7) is 9.70. The van der Waals surface area contributed by atoms with Crippen molar-refractivity contribution in [2.75, 3.05) is 20.1 Å².